The summed E-state index contributed by atoms with van der Waals surface area (Å²) in [7, 11) is 0. The Morgan fingerprint density at radius 2 is 1.95 bits per heavy atom. The Bertz CT molecular complexity index is 438. The van der Waals surface area contributed by atoms with Gasteiger partial charge in [-0.15, -0.1) is 0 Å². The molecule has 0 saturated heterocycles. The highest BCUT2D eigenvalue weighted by atomic mass is 19.1. The summed E-state index contributed by atoms with van der Waals surface area (Å²) in [6, 6.07) is 6.66. The van der Waals surface area contributed by atoms with E-state index >= 15 is 0 Å². The molecule has 0 atom stereocenters. The number of benzene rings is 1. The molecule has 2 rings (SSSR count). The van der Waals surface area contributed by atoms with E-state index < -0.39 is 0 Å². The number of hydrogen-bond donors (Lipinski definition) is 0. The van der Waals surface area contributed by atoms with E-state index in [1.54, 1.807) is 12.1 Å². The largest absolute Gasteiger partial charge is 0.371 e. The Kier molecular flexibility index (Phi) is 5.16. The number of rotatable bonds is 5. The summed E-state index contributed by atoms with van der Waals surface area (Å²) >= 11 is 0. The van der Waals surface area contributed by atoms with Gasteiger partial charge in [-0.25, -0.2) is 4.39 Å². The van der Waals surface area contributed by atoms with Crippen molar-refractivity contribution >= 4 is 12.0 Å². The zero-order chi connectivity index (χ0) is 14.4. The Hall–Kier alpha value is -1.38. The van der Waals surface area contributed by atoms with E-state index in [2.05, 4.69) is 11.8 Å². The van der Waals surface area contributed by atoms with E-state index in [4.69, 9.17) is 0 Å². The molecule has 1 aliphatic rings. The number of hydrogen-bond acceptors (Lipinski definition) is 2. The maximum absolute atomic E-state index is 13.4. The van der Waals surface area contributed by atoms with Crippen molar-refractivity contribution in [2.24, 2.45) is 5.41 Å². The molecule has 3 heteroatoms. The van der Waals surface area contributed by atoms with E-state index in [1.807, 2.05) is 6.07 Å². The van der Waals surface area contributed by atoms with Crippen LogP contribution in [0.3, 0.4) is 0 Å². The average Bonchev–Trinajstić information content (AvgIpc) is 2.71. The lowest BCUT2D eigenvalue weighted by Crippen LogP contribution is -2.39. The van der Waals surface area contributed by atoms with Crippen LogP contribution in [0.25, 0.3) is 0 Å². The second-order valence-electron chi connectivity index (χ2n) is 5.89. The molecular formula is C17H24FNO. The van der Waals surface area contributed by atoms with Gasteiger partial charge in [0.15, 0.2) is 0 Å². The highest BCUT2D eigenvalue weighted by molar-refractivity contribution is 5.62. The zero-order valence-corrected chi connectivity index (χ0v) is 12.3. The van der Waals surface area contributed by atoms with E-state index in [-0.39, 0.29) is 11.2 Å². The highest BCUT2D eigenvalue weighted by Gasteiger charge is 2.32. The van der Waals surface area contributed by atoms with Crippen LogP contribution >= 0.6 is 0 Å². The Labute approximate surface area is 121 Å². The van der Waals surface area contributed by atoms with Crippen molar-refractivity contribution in [2.75, 3.05) is 18.0 Å². The summed E-state index contributed by atoms with van der Waals surface area (Å²) in [5, 5.41) is 0. The van der Waals surface area contributed by atoms with Gasteiger partial charge in [0.2, 0.25) is 0 Å². The second kappa shape index (κ2) is 6.87. The van der Waals surface area contributed by atoms with Gasteiger partial charge in [0, 0.05) is 24.2 Å². The van der Waals surface area contributed by atoms with Crippen LogP contribution in [-0.2, 0) is 4.79 Å². The first-order valence-corrected chi connectivity index (χ1v) is 7.66. The normalized spacial score (nSPS) is 18.3. The molecule has 0 aliphatic heterocycles. The smallest absolute Gasteiger partial charge is 0.127 e. The van der Waals surface area contributed by atoms with E-state index in [0.717, 1.165) is 44.2 Å². The van der Waals surface area contributed by atoms with Gasteiger partial charge in [0.05, 0.1) is 0 Å². The number of aldehydes is 1. The van der Waals surface area contributed by atoms with E-state index in [9.17, 15) is 9.18 Å². The third kappa shape index (κ3) is 3.59. The van der Waals surface area contributed by atoms with Gasteiger partial charge in [-0.3, -0.25) is 0 Å². The molecule has 1 aliphatic carbocycles. The summed E-state index contributed by atoms with van der Waals surface area (Å²) in [6.07, 6.45) is 7.77. The van der Waals surface area contributed by atoms with Crippen LogP contribution in [0, 0.1) is 11.2 Å². The lowest BCUT2D eigenvalue weighted by atomic mass is 9.81. The first kappa shape index (κ1) is 15.0. The van der Waals surface area contributed by atoms with Crippen molar-refractivity contribution in [2.45, 2.75) is 45.4 Å². The average molecular weight is 277 g/mol. The molecule has 1 aromatic carbocycles. The molecule has 110 valence electrons. The second-order valence-corrected chi connectivity index (χ2v) is 5.89. The Morgan fingerprint density at radius 1 is 1.25 bits per heavy atom. The minimum Gasteiger partial charge on any atom is -0.371 e. The summed E-state index contributed by atoms with van der Waals surface area (Å²) in [4.78, 5) is 13.8. The summed E-state index contributed by atoms with van der Waals surface area (Å²) in [5.41, 5.74) is 0.622. The molecular weight excluding hydrogens is 253 g/mol. The number of carbonyl (C=O) groups is 1. The van der Waals surface area contributed by atoms with Gasteiger partial charge in [-0.1, -0.05) is 31.7 Å². The van der Waals surface area contributed by atoms with Gasteiger partial charge >= 0.3 is 0 Å². The molecule has 0 unspecified atom stereocenters. The van der Waals surface area contributed by atoms with E-state index in [1.165, 1.54) is 18.9 Å². The minimum atomic E-state index is -0.251. The highest BCUT2D eigenvalue weighted by Crippen LogP contribution is 2.35. The lowest BCUT2D eigenvalue weighted by molar-refractivity contribution is -0.116. The quantitative estimate of drug-likeness (QED) is 0.594. The minimum absolute atomic E-state index is 0.220. The van der Waals surface area contributed by atoms with Crippen molar-refractivity contribution in [1.29, 1.82) is 0 Å². The molecule has 0 radical (unpaired) electrons. The van der Waals surface area contributed by atoms with Crippen molar-refractivity contribution in [3.63, 3.8) is 0 Å². The van der Waals surface area contributed by atoms with Crippen LogP contribution in [-0.4, -0.2) is 19.4 Å². The van der Waals surface area contributed by atoms with Gasteiger partial charge in [-0.2, -0.15) is 0 Å². The maximum atomic E-state index is 13.4. The van der Waals surface area contributed by atoms with Crippen LogP contribution in [0.15, 0.2) is 24.3 Å². The molecule has 1 aromatic rings. The molecule has 0 bridgehead atoms. The van der Waals surface area contributed by atoms with Crippen LogP contribution in [0.5, 0.6) is 0 Å². The monoisotopic (exact) mass is 277 g/mol. The van der Waals surface area contributed by atoms with Crippen molar-refractivity contribution in [3.05, 3.63) is 30.1 Å². The molecule has 20 heavy (non-hydrogen) atoms. The maximum Gasteiger partial charge on any atom is 0.127 e. The molecule has 0 aromatic heterocycles. The molecule has 0 amide bonds. The fourth-order valence-electron chi connectivity index (χ4n) is 3.18. The fourth-order valence-corrected chi connectivity index (χ4v) is 3.18. The fraction of sp³-hybridized carbons (Fsp3) is 0.588. The van der Waals surface area contributed by atoms with Crippen LogP contribution in [0.4, 0.5) is 10.1 Å². The standard InChI is InChI=1S/C17H24FNO/c1-2-19(16-9-7-8-15(18)12-16)13-17(14-20)10-5-3-4-6-11-17/h7-9,12,14H,2-6,10-11,13H2,1H3. The number of anilines is 1. The Balaban J connectivity index is 2.16. The Morgan fingerprint density at radius 3 is 2.50 bits per heavy atom. The molecule has 1 saturated carbocycles. The number of carbonyl (C=O) groups excluding carboxylic acids is 1. The third-order valence-electron chi connectivity index (χ3n) is 4.41. The van der Waals surface area contributed by atoms with Crippen LogP contribution < -0.4 is 4.90 Å². The third-order valence-corrected chi connectivity index (χ3v) is 4.41. The van der Waals surface area contributed by atoms with E-state index in [0.29, 0.717) is 6.54 Å². The molecule has 0 heterocycles. The molecule has 0 spiro atoms. The lowest BCUT2D eigenvalue weighted by Gasteiger charge is -2.34. The van der Waals surface area contributed by atoms with Gasteiger partial charge in [-0.05, 0) is 38.0 Å². The predicted molar refractivity (Wildman–Crippen MR) is 80.5 cm³/mol. The first-order valence-electron chi connectivity index (χ1n) is 7.66. The molecule has 1 fully saturated rings. The zero-order valence-electron chi connectivity index (χ0n) is 12.3. The first-order chi connectivity index (χ1) is 9.69. The number of nitrogens with zero attached hydrogens (tertiary/aromatic N) is 1. The van der Waals surface area contributed by atoms with Gasteiger partial charge in [0.25, 0.3) is 0 Å². The molecule has 0 N–H and O–H groups in total. The van der Waals surface area contributed by atoms with Crippen molar-refractivity contribution in [1.82, 2.24) is 0 Å². The summed E-state index contributed by atoms with van der Waals surface area (Å²) in [6.45, 7) is 3.55. The van der Waals surface area contributed by atoms with Crippen molar-refractivity contribution in [3.8, 4) is 0 Å². The van der Waals surface area contributed by atoms with Gasteiger partial charge in [0.1, 0.15) is 12.1 Å². The van der Waals surface area contributed by atoms with Crippen molar-refractivity contribution < 1.29 is 9.18 Å². The van der Waals surface area contributed by atoms with Crippen LogP contribution in [0.1, 0.15) is 45.4 Å². The topological polar surface area (TPSA) is 20.3 Å². The predicted octanol–water partition coefficient (Wildman–Crippen LogP) is 4.19. The summed E-state index contributed by atoms with van der Waals surface area (Å²) in [5.74, 6) is -0.220. The SMILES string of the molecule is CCN(CC1(C=O)CCCCCC1)c1cccc(F)c1. The molecule has 2 nitrogen and oxygen atoms in total. The summed E-state index contributed by atoms with van der Waals surface area (Å²) < 4.78 is 13.4. The van der Waals surface area contributed by atoms with Crippen LogP contribution in [0.2, 0.25) is 0 Å². The van der Waals surface area contributed by atoms with Gasteiger partial charge < -0.3 is 9.69 Å². The number of halogens is 1.